The Balaban J connectivity index is 3.12. The van der Waals surface area contributed by atoms with Gasteiger partial charge >= 0.3 is 11.9 Å². The van der Waals surface area contributed by atoms with Gasteiger partial charge in [-0.05, 0) is 19.3 Å². The third kappa shape index (κ3) is 3.03. The second-order valence-electron chi connectivity index (χ2n) is 3.57. The molecule has 0 aliphatic carbocycles. The van der Waals surface area contributed by atoms with Crippen LogP contribution in [0.1, 0.15) is 58.3 Å². The molecule has 0 saturated heterocycles. The number of aromatic carboxylic acids is 1. The molecule has 0 bridgehead atoms. The summed E-state index contributed by atoms with van der Waals surface area (Å²) in [4.78, 5) is 27.0. The lowest BCUT2D eigenvalue weighted by Crippen LogP contribution is -2.06. The van der Waals surface area contributed by atoms with E-state index in [1.54, 1.807) is 6.92 Å². The molecule has 1 aromatic rings. The highest BCUT2D eigenvalue weighted by molar-refractivity contribution is 7.13. The van der Waals surface area contributed by atoms with Crippen molar-refractivity contribution in [1.29, 1.82) is 0 Å². The van der Waals surface area contributed by atoms with Crippen LogP contribution in [0, 0.1) is 0 Å². The molecule has 0 radical (unpaired) electrons. The minimum absolute atomic E-state index is 0.0348. The van der Waals surface area contributed by atoms with Gasteiger partial charge in [-0.2, -0.15) is 0 Å². The molecule has 5 nitrogen and oxygen atoms in total. The van der Waals surface area contributed by atoms with Gasteiger partial charge in [0.2, 0.25) is 5.01 Å². The van der Waals surface area contributed by atoms with Crippen LogP contribution >= 0.6 is 11.3 Å². The van der Waals surface area contributed by atoms with E-state index in [4.69, 9.17) is 9.84 Å². The van der Waals surface area contributed by atoms with Crippen LogP contribution in [-0.2, 0) is 4.74 Å². The van der Waals surface area contributed by atoms with E-state index in [9.17, 15) is 9.59 Å². The van der Waals surface area contributed by atoms with Gasteiger partial charge in [-0.3, -0.25) is 0 Å². The Hall–Kier alpha value is -1.43. The quantitative estimate of drug-likeness (QED) is 0.820. The predicted molar refractivity (Wildman–Crippen MR) is 63.7 cm³/mol. The van der Waals surface area contributed by atoms with Crippen molar-refractivity contribution in [1.82, 2.24) is 4.98 Å². The molecule has 17 heavy (non-hydrogen) atoms. The third-order valence-electron chi connectivity index (χ3n) is 2.37. The number of rotatable bonds is 5. The lowest BCUT2D eigenvalue weighted by Gasteiger charge is -2.04. The van der Waals surface area contributed by atoms with Crippen LogP contribution in [-0.4, -0.2) is 28.6 Å². The number of nitrogens with zero attached hydrogens (tertiary/aromatic N) is 1. The molecule has 0 spiro atoms. The maximum absolute atomic E-state index is 11.5. The monoisotopic (exact) mass is 257 g/mol. The van der Waals surface area contributed by atoms with Crippen LogP contribution in [0.2, 0.25) is 0 Å². The SMILES string of the molecule is CCOC(=O)c1nc(C(=O)O)c(C(C)CC)s1. The summed E-state index contributed by atoms with van der Waals surface area (Å²) in [6.07, 6.45) is 0.796. The van der Waals surface area contributed by atoms with Gasteiger partial charge < -0.3 is 9.84 Å². The lowest BCUT2D eigenvalue weighted by molar-refractivity contribution is 0.0526. The number of thiazole rings is 1. The van der Waals surface area contributed by atoms with Gasteiger partial charge in [0.1, 0.15) is 0 Å². The number of carbonyl (C=O) groups is 2. The topological polar surface area (TPSA) is 76.5 Å². The number of esters is 1. The molecule has 1 unspecified atom stereocenters. The fourth-order valence-electron chi connectivity index (χ4n) is 1.28. The van der Waals surface area contributed by atoms with E-state index >= 15 is 0 Å². The van der Waals surface area contributed by atoms with Gasteiger partial charge in [0, 0.05) is 4.88 Å². The molecule has 0 fully saturated rings. The molecule has 1 aromatic heterocycles. The predicted octanol–water partition coefficient (Wildman–Crippen LogP) is 2.53. The average Bonchev–Trinajstić information content (AvgIpc) is 2.73. The highest BCUT2D eigenvalue weighted by atomic mass is 32.1. The minimum atomic E-state index is -1.10. The minimum Gasteiger partial charge on any atom is -0.476 e. The van der Waals surface area contributed by atoms with Crippen molar-refractivity contribution < 1.29 is 19.4 Å². The number of hydrogen-bond acceptors (Lipinski definition) is 5. The zero-order valence-corrected chi connectivity index (χ0v) is 10.8. The zero-order chi connectivity index (χ0) is 13.0. The Morgan fingerprint density at radius 1 is 1.47 bits per heavy atom. The molecule has 1 rings (SSSR count). The first-order chi connectivity index (χ1) is 8.01. The number of aromatic nitrogens is 1. The highest BCUT2D eigenvalue weighted by Crippen LogP contribution is 2.29. The smallest absolute Gasteiger partial charge is 0.367 e. The summed E-state index contributed by atoms with van der Waals surface area (Å²) in [5.74, 6) is -1.59. The second kappa shape index (κ2) is 5.77. The second-order valence-corrected chi connectivity index (χ2v) is 4.60. The maximum Gasteiger partial charge on any atom is 0.367 e. The Kier molecular flexibility index (Phi) is 4.62. The number of carbonyl (C=O) groups excluding carboxylic acids is 1. The molecule has 6 heteroatoms. The number of carboxylic acid groups (broad SMARTS) is 1. The van der Waals surface area contributed by atoms with Crippen LogP contribution in [0.3, 0.4) is 0 Å². The Labute approximate surface area is 103 Å². The third-order valence-corrected chi connectivity index (χ3v) is 3.63. The van der Waals surface area contributed by atoms with Gasteiger partial charge in [0.15, 0.2) is 5.69 Å². The van der Waals surface area contributed by atoms with Crippen molar-refractivity contribution in [3.63, 3.8) is 0 Å². The number of carboxylic acids is 1. The summed E-state index contributed by atoms with van der Waals surface area (Å²) in [6.45, 7) is 5.81. The molecule has 1 heterocycles. The van der Waals surface area contributed by atoms with E-state index in [1.807, 2.05) is 13.8 Å². The molecule has 0 aliphatic heterocycles. The molecule has 0 amide bonds. The van der Waals surface area contributed by atoms with Crippen molar-refractivity contribution in [2.45, 2.75) is 33.1 Å². The first kappa shape index (κ1) is 13.6. The standard InChI is InChI=1S/C11H15NO4S/c1-4-6(3)8-7(10(13)14)12-9(17-8)11(15)16-5-2/h6H,4-5H2,1-3H3,(H,13,14). The Bertz CT molecular complexity index is 427. The van der Waals surface area contributed by atoms with Gasteiger partial charge in [-0.15, -0.1) is 11.3 Å². The summed E-state index contributed by atoms with van der Waals surface area (Å²) in [7, 11) is 0. The summed E-state index contributed by atoms with van der Waals surface area (Å²) >= 11 is 1.10. The van der Waals surface area contributed by atoms with Crippen molar-refractivity contribution >= 4 is 23.3 Å². The van der Waals surface area contributed by atoms with Crippen LogP contribution < -0.4 is 0 Å². The van der Waals surface area contributed by atoms with E-state index in [0.29, 0.717) is 4.88 Å². The fourth-order valence-corrected chi connectivity index (χ4v) is 2.37. The Morgan fingerprint density at radius 2 is 2.12 bits per heavy atom. The zero-order valence-electron chi connectivity index (χ0n) is 10.0. The maximum atomic E-state index is 11.5. The van der Waals surface area contributed by atoms with Crippen molar-refractivity contribution in [3.8, 4) is 0 Å². The summed E-state index contributed by atoms with van der Waals surface area (Å²) in [5, 5.41) is 9.14. The van der Waals surface area contributed by atoms with E-state index in [2.05, 4.69) is 4.98 Å². The Morgan fingerprint density at radius 3 is 2.59 bits per heavy atom. The number of hydrogen-bond donors (Lipinski definition) is 1. The van der Waals surface area contributed by atoms with Gasteiger partial charge in [-0.25, -0.2) is 14.6 Å². The van der Waals surface area contributed by atoms with E-state index in [0.717, 1.165) is 17.8 Å². The molecule has 1 atom stereocenters. The van der Waals surface area contributed by atoms with Crippen molar-refractivity contribution in [3.05, 3.63) is 15.6 Å². The summed E-state index contributed by atoms with van der Waals surface area (Å²) in [5.41, 5.74) is -0.0348. The van der Waals surface area contributed by atoms with Crippen molar-refractivity contribution in [2.75, 3.05) is 6.61 Å². The molecule has 0 aromatic carbocycles. The van der Waals surface area contributed by atoms with E-state index in [-0.39, 0.29) is 23.2 Å². The van der Waals surface area contributed by atoms with E-state index < -0.39 is 11.9 Å². The summed E-state index contributed by atoms with van der Waals surface area (Å²) < 4.78 is 4.81. The van der Waals surface area contributed by atoms with Crippen molar-refractivity contribution in [2.24, 2.45) is 0 Å². The first-order valence-corrected chi connectivity index (χ1v) is 6.24. The van der Waals surface area contributed by atoms with Crippen LogP contribution in [0.5, 0.6) is 0 Å². The molecular formula is C11H15NO4S. The molecule has 94 valence electrons. The molecule has 0 aliphatic rings. The highest BCUT2D eigenvalue weighted by Gasteiger charge is 2.24. The van der Waals surface area contributed by atoms with Crippen LogP contribution in [0.15, 0.2) is 0 Å². The van der Waals surface area contributed by atoms with Crippen LogP contribution in [0.4, 0.5) is 0 Å². The van der Waals surface area contributed by atoms with E-state index in [1.165, 1.54) is 0 Å². The molecule has 1 N–H and O–H groups in total. The lowest BCUT2D eigenvalue weighted by atomic mass is 10.1. The first-order valence-electron chi connectivity index (χ1n) is 5.42. The largest absolute Gasteiger partial charge is 0.476 e. The van der Waals surface area contributed by atoms with Gasteiger partial charge in [0.05, 0.1) is 6.61 Å². The van der Waals surface area contributed by atoms with Crippen LogP contribution in [0.25, 0.3) is 0 Å². The normalized spacial score (nSPS) is 12.2. The number of ether oxygens (including phenoxy) is 1. The van der Waals surface area contributed by atoms with Gasteiger partial charge in [0.25, 0.3) is 0 Å². The average molecular weight is 257 g/mol. The van der Waals surface area contributed by atoms with Gasteiger partial charge in [-0.1, -0.05) is 13.8 Å². The molecule has 0 saturated carbocycles. The fraction of sp³-hybridized carbons (Fsp3) is 0.545. The molecular weight excluding hydrogens is 242 g/mol. The summed E-state index contributed by atoms with van der Waals surface area (Å²) in [6, 6.07) is 0.